The third-order valence-corrected chi connectivity index (χ3v) is 9.10. The molecule has 5 saturated heterocycles. The maximum absolute atomic E-state index is 6.01. The molecule has 0 aromatic carbocycles. The Balaban J connectivity index is 1.31. The molecule has 0 amide bonds. The van der Waals surface area contributed by atoms with E-state index in [2.05, 4.69) is 22.8 Å². The minimum atomic E-state index is -0.0221. The van der Waals surface area contributed by atoms with Gasteiger partial charge in [0, 0.05) is 37.5 Å². The number of anilines is 2. The van der Waals surface area contributed by atoms with Crippen molar-refractivity contribution in [2.24, 2.45) is 0 Å². The van der Waals surface area contributed by atoms with Gasteiger partial charge in [0.2, 0.25) is 0 Å². The first kappa shape index (κ1) is 24.1. The van der Waals surface area contributed by atoms with Gasteiger partial charge >= 0.3 is 0 Å². The van der Waals surface area contributed by atoms with E-state index in [-0.39, 0.29) is 18.2 Å². The van der Waals surface area contributed by atoms with E-state index >= 15 is 0 Å². The van der Waals surface area contributed by atoms with E-state index in [1.807, 2.05) is 21.6 Å². The van der Waals surface area contributed by atoms with Gasteiger partial charge in [-0.1, -0.05) is 0 Å². The lowest BCUT2D eigenvalue weighted by atomic mass is 9.99. The second kappa shape index (κ2) is 9.72. The van der Waals surface area contributed by atoms with Crippen molar-refractivity contribution in [3.05, 3.63) is 24.0 Å². The molecule has 11 heteroatoms. The lowest BCUT2D eigenvalue weighted by Gasteiger charge is -2.39. The van der Waals surface area contributed by atoms with Gasteiger partial charge in [0.1, 0.15) is 12.0 Å². The fraction of sp³-hybridized carbons (Fsp3) is 0.679. The standard InChI is InChI=1S/C28H37N7O4/c1-18-13-36-11-9-32(18)22-12-24(34-20-5-6-21(34)17-38-16-20)29-28-26(22)27(19-14-37-15-19)31-35(28)23-7-8-33(30-23)25-4-2-3-10-39-25/h7-8,12,18-21,25H,2-6,9-11,13-17H2,1H3/t18-,20?,21?,25?/m1/s1. The van der Waals surface area contributed by atoms with Crippen LogP contribution in [-0.2, 0) is 18.9 Å². The van der Waals surface area contributed by atoms with Crippen molar-refractivity contribution >= 4 is 22.5 Å². The Morgan fingerprint density at radius 3 is 2.46 bits per heavy atom. The summed E-state index contributed by atoms with van der Waals surface area (Å²) in [5, 5.41) is 11.3. The van der Waals surface area contributed by atoms with Gasteiger partial charge in [-0.2, -0.15) is 14.9 Å². The van der Waals surface area contributed by atoms with E-state index < -0.39 is 0 Å². The van der Waals surface area contributed by atoms with Crippen LogP contribution in [0.15, 0.2) is 18.3 Å². The van der Waals surface area contributed by atoms with E-state index in [0.29, 0.717) is 38.5 Å². The van der Waals surface area contributed by atoms with Gasteiger partial charge < -0.3 is 28.7 Å². The Hall–Kier alpha value is -2.73. The van der Waals surface area contributed by atoms with Crippen LogP contribution < -0.4 is 9.80 Å². The summed E-state index contributed by atoms with van der Waals surface area (Å²) in [5.74, 6) is 2.04. The monoisotopic (exact) mass is 535 g/mol. The number of nitrogens with zero attached hydrogens (tertiary/aromatic N) is 7. The number of rotatable bonds is 5. The SMILES string of the molecule is C[C@@H]1COCCN1c1cc(N2C3CCC2COC3)nc2c1c(C1COC1)nn2-c1ccn(C2CCCCO2)n1. The Morgan fingerprint density at radius 1 is 0.872 bits per heavy atom. The molecule has 3 aromatic heterocycles. The Kier molecular flexibility index (Phi) is 6.01. The van der Waals surface area contributed by atoms with E-state index in [1.54, 1.807) is 0 Å². The fourth-order valence-electron chi connectivity index (χ4n) is 6.93. The highest BCUT2D eigenvalue weighted by Gasteiger charge is 2.40. The summed E-state index contributed by atoms with van der Waals surface area (Å²) in [7, 11) is 0. The summed E-state index contributed by atoms with van der Waals surface area (Å²) < 4.78 is 27.3. The zero-order valence-corrected chi connectivity index (χ0v) is 22.6. The van der Waals surface area contributed by atoms with Crippen molar-refractivity contribution in [2.45, 2.75) is 69.3 Å². The molecule has 8 heterocycles. The minimum Gasteiger partial charge on any atom is -0.380 e. The van der Waals surface area contributed by atoms with Crippen LogP contribution in [0.5, 0.6) is 0 Å². The molecular formula is C28H37N7O4. The third-order valence-electron chi connectivity index (χ3n) is 9.10. The summed E-state index contributed by atoms with van der Waals surface area (Å²) in [5.41, 5.74) is 3.11. The molecule has 2 bridgehead atoms. The number of pyridine rings is 1. The number of morpholine rings is 2. The van der Waals surface area contributed by atoms with Gasteiger partial charge in [0.05, 0.1) is 74.4 Å². The highest BCUT2D eigenvalue weighted by Crippen LogP contribution is 2.42. The first-order valence-electron chi connectivity index (χ1n) is 14.6. The lowest BCUT2D eigenvalue weighted by Crippen LogP contribution is -2.47. The maximum Gasteiger partial charge on any atom is 0.177 e. The highest BCUT2D eigenvalue weighted by molar-refractivity contribution is 5.95. The predicted molar refractivity (Wildman–Crippen MR) is 145 cm³/mol. The van der Waals surface area contributed by atoms with Crippen LogP contribution in [0, 0.1) is 0 Å². The molecule has 0 N–H and O–H groups in total. The van der Waals surface area contributed by atoms with Crippen molar-refractivity contribution < 1.29 is 18.9 Å². The Labute approximate surface area is 227 Å². The molecule has 39 heavy (non-hydrogen) atoms. The second-order valence-electron chi connectivity index (χ2n) is 11.7. The molecule has 0 saturated carbocycles. The van der Waals surface area contributed by atoms with Crippen LogP contribution in [0.3, 0.4) is 0 Å². The molecule has 3 unspecified atom stereocenters. The molecule has 11 nitrogen and oxygen atoms in total. The highest BCUT2D eigenvalue weighted by atomic mass is 16.5. The quantitative estimate of drug-likeness (QED) is 0.489. The molecule has 8 rings (SSSR count). The Morgan fingerprint density at radius 2 is 1.72 bits per heavy atom. The summed E-state index contributed by atoms with van der Waals surface area (Å²) in [6, 6.07) is 5.33. The second-order valence-corrected chi connectivity index (χ2v) is 11.7. The third kappa shape index (κ3) is 4.04. The van der Waals surface area contributed by atoms with Crippen LogP contribution in [-0.4, -0.2) is 95.5 Å². The average Bonchev–Trinajstić information content (AvgIpc) is 3.63. The number of hydrogen-bond acceptors (Lipinski definition) is 9. The van der Waals surface area contributed by atoms with Gasteiger partial charge in [0.15, 0.2) is 11.5 Å². The van der Waals surface area contributed by atoms with Gasteiger partial charge in [-0.05, 0) is 39.0 Å². The molecule has 208 valence electrons. The van der Waals surface area contributed by atoms with Gasteiger partial charge in [0.25, 0.3) is 0 Å². The molecule has 0 spiro atoms. The van der Waals surface area contributed by atoms with Crippen molar-refractivity contribution in [3.63, 3.8) is 0 Å². The molecule has 4 atom stereocenters. The van der Waals surface area contributed by atoms with Gasteiger partial charge in [-0.25, -0.2) is 9.67 Å². The molecule has 5 aliphatic heterocycles. The largest absolute Gasteiger partial charge is 0.380 e. The summed E-state index contributed by atoms with van der Waals surface area (Å²) in [6.45, 7) is 8.18. The van der Waals surface area contributed by atoms with Gasteiger partial charge in [-0.15, -0.1) is 0 Å². The molecule has 5 fully saturated rings. The molecule has 3 aromatic rings. The zero-order valence-electron chi connectivity index (χ0n) is 22.6. The normalized spacial score (nSPS) is 29.8. The first-order chi connectivity index (χ1) is 19.2. The zero-order chi connectivity index (χ0) is 25.9. The maximum atomic E-state index is 6.01. The van der Waals surface area contributed by atoms with Crippen LogP contribution in [0.1, 0.15) is 56.9 Å². The van der Waals surface area contributed by atoms with Crippen molar-refractivity contribution in [2.75, 3.05) is 62.6 Å². The topological polar surface area (TPSA) is 91.9 Å². The van der Waals surface area contributed by atoms with Gasteiger partial charge in [-0.3, -0.25) is 0 Å². The van der Waals surface area contributed by atoms with Crippen LogP contribution in [0.4, 0.5) is 11.5 Å². The minimum absolute atomic E-state index is 0.0221. The van der Waals surface area contributed by atoms with E-state index in [1.165, 1.54) is 5.69 Å². The molecule has 5 aliphatic rings. The van der Waals surface area contributed by atoms with E-state index in [9.17, 15) is 0 Å². The predicted octanol–water partition coefficient (Wildman–Crippen LogP) is 3.02. The van der Waals surface area contributed by atoms with Crippen molar-refractivity contribution in [1.29, 1.82) is 0 Å². The molecule has 0 aliphatic carbocycles. The summed E-state index contributed by atoms with van der Waals surface area (Å²) in [4.78, 5) is 10.4. The summed E-state index contributed by atoms with van der Waals surface area (Å²) >= 11 is 0. The van der Waals surface area contributed by atoms with Crippen LogP contribution >= 0.6 is 0 Å². The fourth-order valence-corrected chi connectivity index (χ4v) is 6.93. The number of hydrogen-bond donors (Lipinski definition) is 0. The lowest BCUT2D eigenvalue weighted by molar-refractivity contribution is -0.0395. The van der Waals surface area contributed by atoms with E-state index in [4.69, 9.17) is 34.1 Å². The van der Waals surface area contributed by atoms with Crippen molar-refractivity contribution in [3.8, 4) is 5.82 Å². The first-order valence-corrected chi connectivity index (χ1v) is 14.6. The summed E-state index contributed by atoms with van der Waals surface area (Å²) in [6.07, 6.45) is 7.53. The number of ether oxygens (including phenoxy) is 4. The van der Waals surface area contributed by atoms with E-state index in [0.717, 1.165) is 86.8 Å². The smallest absolute Gasteiger partial charge is 0.177 e. The van der Waals surface area contributed by atoms with Crippen LogP contribution in [0.2, 0.25) is 0 Å². The average molecular weight is 536 g/mol. The van der Waals surface area contributed by atoms with Crippen molar-refractivity contribution in [1.82, 2.24) is 24.5 Å². The van der Waals surface area contributed by atoms with Crippen LogP contribution in [0.25, 0.3) is 16.9 Å². The molecular weight excluding hydrogens is 498 g/mol. The molecule has 0 radical (unpaired) electrons. The number of fused-ring (bicyclic) bond motifs is 3. The number of aromatic nitrogens is 5. The Bertz CT molecular complexity index is 1330.